The standard InChI is InChI=1S/C17H24N2O2/c1-18-8-9-19(2)14(12-18)11-17(20)13-4-3-5-16(10-13)21-15-6-7-15/h3-5,10,14-15H,6-9,11-12H2,1-2H3. The highest BCUT2D eigenvalue weighted by atomic mass is 16.5. The van der Waals surface area contributed by atoms with E-state index in [1.165, 1.54) is 0 Å². The number of nitrogens with zero attached hydrogens (tertiary/aromatic N) is 2. The molecule has 4 nitrogen and oxygen atoms in total. The van der Waals surface area contributed by atoms with Crippen molar-refractivity contribution in [2.45, 2.75) is 31.4 Å². The average Bonchev–Trinajstić information content (AvgIpc) is 3.27. The van der Waals surface area contributed by atoms with Gasteiger partial charge in [-0.15, -0.1) is 0 Å². The number of carbonyl (C=O) groups is 1. The molecular formula is C17H24N2O2. The molecule has 1 atom stereocenters. The van der Waals surface area contributed by atoms with Crippen molar-refractivity contribution in [3.8, 4) is 5.75 Å². The Morgan fingerprint density at radius 1 is 1.29 bits per heavy atom. The number of ether oxygens (including phenoxy) is 1. The molecule has 21 heavy (non-hydrogen) atoms. The van der Waals surface area contributed by atoms with Crippen molar-refractivity contribution in [3.05, 3.63) is 29.8 Å². The van der Waals surface area contributed by atoms with Crippen molar-refractivity contribution in [2.75, 3.05) is 33.7 Å². The van der Waals surface area contributed by atoms with Crippen LogP contribution in [0.2, 0.25) is 0 Å². The van der Waals surface area contributed by atoms with Crippen LogP contribution in [0.4, 0.5) is 0 Å². The fraction of sp³-hybridized carbons (Fsp3) is 0.588. The van der Waals surface area contributed by atoms with Gasteiger partial charge in [0.05, 0.1) is 6.10 Å². The minimum absolute atomic E-state index is 0.211. The Hall–Kier alpha value is -1.39. The molecule has 0 N–H and O–H groups in total. The van der Waals surface area contributed by atoms with E-state index in [9.17, 15) is 4.79 Å². The Bertz CT molecular complexity index is 513. The Balaban J connectivity index is 1.63. The molecule has 0 spiro atoms. The summed E-state index contributed by atoms with van der Waals surface area (Å²) in [7, 11) is 4.23. The largest absolute Gasteiger partial charge is 0.490 e. The number of ketones is 1. The van der Waals surface area contributed by atoms with Crippen LogP contribution in [0.25, 0.3) is 0 Å². The molecule has 0 aromatic heterocycles. The zero-order valence-electron chi connectivity index (χ0n) is 12.9. The first-order valence-corrected chi connectivity index (χ1v) is 7.80. The second-order valence-corrected chi connectivity index (χ2v) is 6.37. The van der Waals surface area contributed by atoms with E-state index in [2.05, 4.69) is 23.9 Å². The normalized spacial score (nSPS) is 24.0. The molecule has 0 amide bonds. The third-order valence-electron chi connectivity index (χ3n) is 4.38. The van der Waals surface area contributed by atoms with Gasteiger partial charge in [-0.3, -0.25) is 4.79 Å². The van der Waals surface area contributed by atoms with Crippen LogP contribution in [0.5, 0.6) is 5.75 Å². The van der Waals surface area contributed by atoms with Gasteiger partial charge in [-0.1, -0.05) is 12.1 Å². The van der Waals surface area contributed by atoms with Crippen LogP contribution in [0, 0.1) is 0 Å². The highest BCUT2D eigenvalue weighted by Gasteiger charge is 2.26. The van der Waals surface area contributed by atoms with E-state index in [1.54, 1.807) is 0 Å². The number of Topliss-reactive ketones (excluding diaryl/α,β-unsaturated/α-hetero) is 1. The average molecular weight is 288 g/mol. The minimum atomic E-state index is 0.211. The zero-order valence-corrected chi connectivity index (χ0v) is 12.9. The summed E-state index contributed by atoms with van der Waals surface area (Å²) < 4.78 is 5.77. The Kier molecular flexibility index (Phi) is 4.27. The molecule has 1 aromatic carbocycles. The molecule has 2 aliphatic rings. The van der Waals surface area contributed by atoms with Gasteiger partial charge in [0.25, 0.3) is 0 Å². The van der Waals surface area contributed by atoms with E-state index in [0.29, 0.717) is 18.6 Å². The summed E-state index contributed by atoms with van der Waals surface area (Å²) in [5, 5.41) is 0. The number of benzene rings is 1. The van der Waals surface area contributed by atoms with E-state index in [1.807, 2.05) is 24.3 Å². The van der Waals surface area contributed by atoms with Crippen molar-refractivity contribution in [2.24, 2.45) is 0 Å². The predicted octanol–water partition coefficient (Wildman–Crippen LogP) is 2.05. The summed E-state index contributed by atoms with van der Waals surface area (Å²) in [5.74, 6) is 1.04. The quantitative estimate of drug-likeness (QED) is 0.776. The predicted molar refractivity (Wildman–Crippen MR) is 83.0 cm³/mol. The molecule has 2 fully saturated rings. The van der Waals surface area contributed by atoms with Crippen LogP contribution >= 0.6 is 0 Å². The number of rotatable bonds is 5. The van der Waals surface area contributed by atoms with Crippen LogP contribution in [0.3, 0.4) is 0 Å². The molecule has 1 heterocycles. The first kappa shape index (κ1) is 14.5. The van der Waals surface area contributed by atoms with Gasteiger partial charge in [0, 0.05) is 37.7 Å². The van der Waals surface area contributed by atoms with Gasteiger partial charge >= 0.3 is 0 Å². The molecule has 1 saturated carbocycles. The summed E-state index contributed by atoms with van der Waals surface area (Å²) in [6.45, 7) is 3.06. The molecular weight excluding hydrogens is 264 g/mol. The van der Waals surface area contributed by atoms with Crippen LogP contribution in [-0.2, 0) is 0 Å². The summed E-state index contributed by atoms with van der Waals surface area (Å²) in [6, 6.07) is 7.96. The van der Waals surface area contributed by atoms with Crippen LogP contribution in [0.1, 0.15) is 29.6 Å². The number of carbonyl (C=O) groups excluding carboxylic acids is 1. The maximum absolute atomic E-state index is 12.5. The number of hydrogen-bond acceptors (Lipinski definition) is 4. The monoisotopic (exact) mass is 288 g/mol. The SMILES string of the molecule is CN1CCN(C)C(CC(=O)c2cccc(OC3CC3)c2)C1. The number of hydrogen-bond donors (Lipinski definition) is 0. The van der Waals surface area contributed by atoms with Crippen molar-refractivity contribution in [1.29, 1.82) is 0 Å². The van der Waals surface area contributed by atoms with Gasteiger partial charge in [-0.25, -0.2) is 0 Å². The van der Waals surface area contributed by atoms with Gasteiger partial charge in [0.2, 0.25) is 0 Å². The third kappa shape index (κ3) is 3.83. The maximum atomic E-state index is 12.5. The Labute approximate surface area is 126 Å². The molecule has 0 bridgehead atoms. The molecule has 1 aromatic rings. The van der Waals surface area contributed by atoms with Crippen LogP contribution < -0.4 is 4.74 Å². The highest BCUT2D eigenvalue weighted by molar-refractivity contribution is 5.96. The van der Waals surface area contributed by atoms with Crippen molar-refractivity contribution >= 4 is 5.78 Å². The van der Waals surface area contributed by atoms with E-state index < -0.39 is 0 Å². The van der Waals surface area contributed by atoms with Crippen molar-refractivity contribution in [1.82, 2.24) is 9.80 Å². The lowest BCUT2D eigenvalue weighted by Crippen LogP contribution is -2.50. The third-order valence-corrected chi connectivity index (χ3v) is 4.38. The Morgan fingerprint density at radius 2 is 2.10 bits per heavy atom. The summed E-state index contributed by atoms with van der Waals surface area (Å²) in [6.07, 6.45) is 3.22. The van der Waals surface area contributed by atoms with Gasteiger partial charge in [0.1, 0.15) is 5.75 Å². The molecule has 3 rings (SSSR count). The van der Waals surface area contributed by atoms with Crippen molar-refractivity contribution in [3.63, 3.8) is 0 Å². The lowest BCUT2D eigenvalue weighted by atomic mass is 10.0. The fourth-order valence-electron chi connectivity index (χ4n) is 2.77. The molecule has 0 radical (unpaired) electrons. The first-order chi connectivity index (χ1) is 10.1. The lowest BCUT2D eigenvalue weighted by Gasteiger charge is -2.37. The molecule has 1 saturated heterocycles. The highest BCUT2D eigenvalue weighted by Crippen LogP contribution is 2.27. The molecule has 1 aliphatic heterocycles. The lowest BCUT2D eigenvalue weighted by molar-refractivity contribution is 0.0809. The molecule has 1 aliphatic carbocycles. The fourth-order valence-corrected chi connectivity index (χ4v) is 2.77. The van der Waals surface area contributed by atoms with E-state index in [4.69, 9.17) is 4.74 Å². The number of piperazine rings is 1. The van der Waals surface area contributed by atoms with Gasteiger partial charge < -0.3 is 14.5 Å². The smallest absolute Gasteiger partial charge is 0.164 e. The summed E-state index contributed by atoms with van der Waals surface area (Å²) in [4.78, 5) is 17.1. The van der Waals surface area contributed by atoms with Crippen molar-refractivity contribution < 1.29 is 9.53 Å². The van der Waals surface area contributed by atoms with E-state index in [-0.39, 0.29) is 5.78 Å². The van der Waals surface area contributed by atoms with Crippen LogP contribution in [-0.4, -0.2) is 61.5 Å². The minimum Gasteiger partial charge on any atom is -0.490 e. The molecule has 114 valence electrons. The second kappa shape index (κ2) is 6.16. The topological polar surface area (TPSA) is 32.8 Å². The van der Waals surface area contributed by atoms with E-state index in [0.717, 1.165) is 43.8 Å². The summed E-state index contributed by atoms with van der Waals surface area (Å²) in [5.41, 5.74) is 0.773. The number of likely N-dealkylation sites (N-methyl/N-ethyl adjacent to an activating group) is 2. The molecule has 4 heteroatoms. The first-order valence-electron chi connectivity index (χ1n) is 7.80. The van der Waals surface area contributed by atoms with Gasteiger partial charge in [-0.2, -0.15) is 0 Å². The maximum Gasteiger partial charge on any atom is 0.164 e. The van der Waals surface area contributed by atoms with Crippen LogP contribution in [0.15, 0.2) is 24.3 Å². The Morgan fingerprint density at radius 3 is 2.86 bits per heavy atom. The van der Waals surface area contributed by atoms with Gasteiger partial charge in [-0.05, 0) is 39.1 Å². The second-order valence-electron chi connectivity index (χ2n) is 6.37. The van der Waals surface area contributed by atoms with E-state index >= 15 is 0 Å². The summed E-state index contributed by atoms with van der Waals surface area (Å²) >= 11 is 0. The van der Waals surface area contributed by atoms with Gasteiger partial charge in [0.15, 0.2) is 5.78 Å². The molecule has 1 unspecified atom stereocenters. The zero-order chi connectivity index (χ0) is 14.8.